The maximum atomic E-state index is 5.68. The number of benzene rings is 1. The van der Waals surface area contributed by atoms with E-state index in [0.29, 0.717) is 17.3 Å². The number of aromatic nitrogens is 1. The second-order valence-corrected chi connectivity index (χ2v) is 2.79. The Labute approximate surface area is 81.3 Å². The molecule has 0 atom stereocenters. The Morgan fingerprint density at radius 2 is 2.29 bits per heavy atom. The van der Waals surface area contributed by atoms with Crippen LogP contribution in [0.25, 0.3) is 11.5 Å². The summed E-state index contributed by atoms with van der Waals surface area (Å²) in [5, 5.41) is 0. The SMILES string of the molecule is COc1cc(-c2ncco2)ccc1N. The molecule has 14 heavy (non-hydrogen) atoms. The van der Waals surface area contributed by atoms with E-state index in [-0.39, 0.29) is 0 Å². The molecule has 0 amide bonds. The Morgan fingerprint density at radius 3 is 2.93 bits per heavy atom. The molecule has 0 aliphatic heterocycles. The number of rotatable bonds is 2. The van der Waals surface area contributed by atoms with Crippen LogP contribution >= 0.6 is 0 Å². The van der Waals surface area contributed by atoms with E-state index in [9.17, 15) is 0 Å². The second kappa shape index (κ2) is 3.41. The molecule has 0 radical (unpaired) electrons. The number of hydrogen-bond acceptors (Lipinski definition) is 4. The molecule has 2 rings (SSSR count). The lowest BCUT2D eigenvalue weighted by molar-refractivity contribution is 0.417. The smallest absolute Gasteiger partial charge is 0.225 e. The Hall–Kier alpha value is -1.97. The van der Waals surface area contributed by atoms with Gasteiger partial charge in [0.2, 0.25) is 5.89 Å². The molecule has 2 N–H and O–H groups in total. The fraction of sp³-hybridized carbons (Fsp3) is 0.100. The zero-order valence-corrected chi connectivity index (χ0v) is 7.73. The van der Waals surface area contributed by atoms with Crippen molar-refractivity contribution < 1.29 is 9.15 Å². The molecular weight excluding hydrogens is 180 g/mol. The van der Waals surface area contributed by atoms with Gasteiger partial charge in [0.05, 0.1) is 19.0 Å². The third-order valence-electron chi connectivity index (χ3n) is 1.91. The molecule has 0 saturated carbocycles. The molecule has 1 aromatic heterocycles. The minimum absolute atomic E-state index is 0.559. The molecule has 4 nitrogen and oxygen atoms in total. The first kappa shape index (κ1) is 8.62. The lowest BCUT2D eigenvalue weighted by Gasteiger charge is -2.04. The molecular formula is C10H10N2O2. The number of nitrogen functional groups attached to an aromatic ring is 1. The second-order valence-electron chi connectivity index (χ2n) is 2.79. The van der Waals surface area contributed by atoms with Gasteiger partial charge in [-0.15, -0.1) is 0 Å². The van der Waals surface area contributed by atoms with Crippen LogP contribution in [0.15, 0.2) is 35.1 Å². The summed E-state index contributed by atoms with van der Waals surface area (Å²) in [6, 6.07) is 5.39. The Morgan fingerprint density at radius 1 is 1.43 bits per heavy atom. The summed E-state index contributed by atoms with van der Waals surface area (Å²) in [5.41, 5.74) is 7.13. The van der Waals surface area contributed by atoms with Crippen molar-refractivity contribution in [2.75, 3.05) is 12.8 Å². The number of ether oxygens (including phenoxy) is 1. The molecule has 4 heteroatoms. The van der Waals surface area contributed by atoms with Crippen molar-refractivity contribution in [3.8, 4) is 17.2 Å². The molecule has 0 saturated heterocycles. The average Bonchev–Trinajstić information content (AvgIpc) is 2.71. The predicted octanol–water partition coefficient (Wildman–Crippen LogP) is 1.93. The van der Waals surface area contributed by atoms with Gasteiger partial charge in [-0.05, 0) is 18.2 Å². The summed E-state index contributed by atoms with van der Waals surface area (Å²) in [4.78, 5) is 4.03. The van der Waals surface area contributed by atoms with E-state index < -0.39 is 0 Å². The largest absolute Gasteiger partial charge is 0.495 e. The molecule has 1 heterocycles. The number of anilines is 1. The number of nitrogens with zero attached hydrogens (tertiary/aromatic N) is 1. The van der Waals surface area contributed by atoms with E-state index in [0.717, 1.165) is 5.56 Å². The third kappa shape index (κ3) is 1.42. The Kier molecular flexibility index (Phi) is 2.10. The highest BCUT2D eigenvalue weighted by Gasteiger charge is 2.05. The van der Waals surface area contributed by atoms with Crippen LogP contribution in [0, 0.1) is 0 Å². The first-order valence-electron chi connectivity index (χ1n) is 4.14. The van der Waals surface area contributed by atoms with Crippen LogP contribution in [0.5, 0.6) is 5.75 Å². The maximum absolute atomic E-state index is 5.68. The van der Waals surface area contributed by atoms with E-state index in [4.69, 9.17) is 14.9 Å². The molecule has 0 unspecified atom stereocenters. The first-order valence-corrected chi connectivity index (χ1v) is 4.14. The highest BCUT2D eigenvalue weighted by molar-refractivity contribution is 5.64. The summed E-state index contributed by atoms with van der Waals surface area (Å²) in [6.07, 6.45) is 3.12. The van der Waals surface area contributed by atoms with Crippen molar-refractivity contribution in [1.29, 1.82) is 0 Å². The van der Waals surface area contributed by atoms with Crippen LogP contribution in [0.2, 0.25) is 0 Å². The number of methoxy groups -OCH3 is 1. The molecule has 72 valence electrons. The van der Waals surface area contributed by atoms with Gasteiger partial charge in [-0.25, -0.2) is 4.98 Å². The van der Waals surface area contributed by atoms with Crippen LogP contribution in [-0.4, -0.2) is 12.1 Å². The fourth-order valence-electron chi connectivity index (χ4n) is 1.21. The van der Waals surface area contributed by atoms with E-state index in [1.165, 1.54) is 6.26 Å². The highest BCUT2D eigenvalue weighted by Crippen LogP contribution is 2.27. The van der Waals surface area contributed by atoms with Crippen molar-refractivity contribution in [3.63, 3.8) is 0 Å². The van der Waals surface area contributed by atoms with Gasteiger partial charge in [0.25, 0.3) is 0 Å². The van der Waals surface area contributed by atoms with Gasteiger partial charge in [-0.3, -0.25) is 0 Å². The number of oxazole rings is 1. The third-order valence-corrected chi connectivity index (χ3v) is 1.91. The molecule has 0 aliphatic carbocycles. The predicted molar refractivity (Wildman–Crippen MR) is 52.9 cm³/mol. The quantitative estimate of drug-likeness (QED) is 0.735. The van der Waals surface area contributed by atoms with Gasteiger partial charge in [0.15, 0.2) is 0 Å². The Balaban J connectivity index is 2.46. The van der Waals surface area contributed by atoms with Gasteiger partial charge < -0.3 is 14.9 Å². The molecule has 2 aromatic rings. The summed E-state index contributed by atoms with van der Waals surface area (Å²) in [7, 11) is 1.57. The van der Waals surface area contributed by atoms with E-state index in [1.807, 2.05) is 6.07 Å². The number of nitrogens with two attached hydrogens (primary N) is 1. The van der Waals surface area contributed by atoms with Crippen LogP contribution < -0.4 is 10.5 Å². The van der Waals surface area contributed by atoms with Gasteiger partial charge in [0.1, 0.15) is 12.0 Å². The minimum atomic E-state index is 0.559. The van der Waals surface area contributed by atoms with Crippen LogP contribution in [0.4, 0.5) is 5.69 Å². The molecule has 0 fully saturated rings. The average molecular weight is 190 g/mol. The summed E-state index contributed by atoms with van der Waals surface area (Å²) >= 11 is 0. The molecule has 0 aliphatic rings. The lowest BCUT2D eigenvalue weighted by atomic mass is 10.2. The highest BCUT2D eigenvalue weighted by atomic mass is 16.5. The van der Waals surface area contributed by atoms with Crippen molar-refractivity contribution in [2.24, 2.45) is 0 Å². The van der Waals surface area contributed by atoms with Crippen LogP contribution in [0.3, 0.4) is 0 Å². The van der Waals surface area contributed by atoms with Crippen molar-refractivity contribution in [3.05, 3.63) is 30.7 Å². The first-order chi connectivity index (χ1) is 6.81. The standard InChI is InChI=1S/C10H10N2O2/c1-13-9-6-7(2-3-8(9)11)10-12-4-5-14-10/h2-6H,11H2,1H3. The fourth-order valence-corrected chi connectivity index (χ4v) is 1.21. The van der Waals surface area contributed by atoms with Gasteiger partial charge in [-0.1, -0.05) is 0 Å². The van der Waals surface area contributed by atoms with E-state index >= 15 is 0 Å². The zero-order valence-electron chi connectivity index (χ0n) is 7.73. The van der Waals surface area contributed by atoms with Crippen LogP contribution in [0.1, 0.15) is 0 Å². The molecule has 1 aromatic carbocycles. The summed E-state index contributed by atoms with van der Waals surface area (Å²) < 4.78 is 10.2. The van der Waals surface area contributed by atoms with E-state index in [1.54, 1.807) is 25.4 Å². The topological polar surface area (TPSA) is 61.3 Å². The van der Waals surface area contributed by atoms with Gasteiger partial charge in [-0.2, -0.15) is 0 Å². The van der Waals surface area contributed by atoms with Crippen LogP contribution in [-0.2, 0) is 0 Å². The summed E-state index contributed by atoms with van der Waals surface area (Å²) in [5.74, 6) is 1.18. The number of hydrogen-bond donors (Lipinski definition) is 1. The lowest BCUT2D eigenvalue weighted by Crippen LogP contribution is -1.92. The zero-order chi connectivity index (χ0) is 9.97. The van der Waals surface area contributed by atoms with Gasteiger partial charge >= 0.3 is 0 Å². The van der Waals surface area contributed by atoms with Gasteiger partial charge in [0, 0.05) is 5.56 Å². The monoisotopic (exact) mass is 190 g/mol. The molecule has 0 bridgehead atoms. The van der Waals surface area contributed by atoms with Crippen molar-refractivity contribution in [2.45, 2.75) is 0 Å². The van der Waals surface area contributed by atoms with Crippen molar-refractivity contribution in [1.82, 2.24) is 4.98 Å². The maximum Gasteiger partial charge on any atom is 0.225 e. The molecule has 0 spiro atoms. The summed E-state index contributed by atoms with van der Waals surface area (Å²) in [6.45, 7) is 0. The van der Waals surface area contributed by atoms with Crippen molar-refractivity contribution >= 4 is 5.69 Å². The Bertz CT molecular complexity index is 424. The van der Waals surface area contributed by atoms with E-state index in [2.05, 4.69) is 4.98 Å². The normalized spacial score (nSPS) is 10.1. The minimum Gasteiger partial charge on any atom is -0.495 e.